The number of anilines is 1. The molecule has 1 aliphatic heterocycles. The summed E-state index contributed by atoms with van der Waals surface area (Å²) >= 11 is 11.9. The Morgan fingerprint density at radius 3 is 2.30 bits per heavy atom. The lowest BCUT2D eigenvalue weighted by molar-refractivity contribution is -0.275. The lowest BCUT2D eigenvalue weighted by Gasteiger charge is -2.29. The predicted octanol–water partition coefficient (Wildman–Crippen LogP) is 6.09. The van der Waals surface area contributed by atoms with Crippen LogP contribution in [0.4, 0.5) is 23.7 Å². The summed E-state index contributed by atoms with van der Waals surface area (Å²) in [5, 5.41) is 3.76. The monoisotopic (exact) mass is 552 g/mol. The number of nitrogens with zero attached hydrogens (tertiary/aromatic N) is 4. The third kappa shape index (κ3) is 4.96. The van der Waals surface area contributed by atoms with E-state index in [1.165, 1.54) is 43.0 Å². The second-order valence-electron chi connectivity index (χ2n) is 8.03. The average molecular weight is 553 g/mol. The van der Waals surface area contributed by atoms with Gasteiger partial charge < -0.3 is 9.57 Å². The number of carbonyl (C=O) groups is 2. The van der Waals surface area contributed by atoms with Crippen LogP contribution < -0.4 is 4.90 Å². The SMILES string of the molecule is COC(=O)N(C(=O)c1ccc(C2=NOC(c3cc(Cl)cc(Cl)c3)(C(F)(F)F)C2)cc1C)c1cncnc1. The third-order valence-corrected chi connectivity index (χ3v) is 6.11. The van der Waals surface area contributed by atoms with E-state index in [2.05, 4.69) is 15.1 Å². The van der Waals surface area contributed by atoms with Gasteiger partial charge in [0.2, 0.25) is 0 Å². The molecule has 0 saturated heterocycles. The molecule has 1 unspecified atom stereocenters. The fourth-order valence-corrected chi connectivity index (χ4v) is 4.38. The standard InChI is InChI=1S/C24H17Cl2F3N4O4/c1-13-5-14(3-4-19(13)21(34)33(22(35)36-2)18-10-30-12-31-11-18)20-9-23(37-32-20,24(27,28)29)15-6-16(25)8-17(26)7-15/h3-8,10-12H,9H2,1-2H3. The topological polar surface area (TPSA) is 94.0 Å². The van der Waals surface area contributed by atoms with Crippen molar-refractivity contribution in [1.29, 1.82) is 0 Å². The number of oxime groups is 1. The summed E-state index contributed by atoms with van der Waals surface area (Å²) in [4.78, 5) is 38.9. The molecule has 4 rings (SSSR count). The number of halogens is 5. The molecule has 0 radical (unpaired) electrons. The van der Waals surface area contributed by atoms with E-state index in [1.807, 2.05) is 0 Å². The number of rotatable bonds is 4. The van der Waals surface area contributed by atoms with E-state index in [0.29, 0.717) is 11.1 Å². The molecule has 2 heterocycles. The number of benzene rings is 2. The summed E-state index contributed by atoms with van der Waals surface area (Å²) in [7, 11) is 1.11. The largest absolute Gasteiger partial charge is 0.452 e. The number of alkyl halides is 3. The van der Waals surface area contributed by atoms with Gasteiger partial charge in [-0.05, 0) is 48.4 Å². The van der Waals surface area contributed by atoms with E-state index in [4.69, 9.17) is 32.8 Å². The summed E-state index contributed by atoms with van der Waals surface area (Å²) < 4.78 is 47.5. The van der Waals surface area contributed by atoms with Gasteiger partial charge in [0.05, 0.1) is 30.9 Å². The zero-order valence-electron chi connectivity index (χ0n) is 19.2. The lowest BCUT2D eigenvalue weighted by atomic mass is 9.86. The van der Waals surface area contributed by atoms with Gasteiger partial charge in [-0.1, -0.05) is 34.4 Å². The second-order valence-corrected chi connectivity index (χ2v) is 8.90. The summed E-state index contributed by atoms with van der Waals surface area (Å²) in [6.07, 6.45) is -2.73. The minimum absolute atomic E-state index is 0.00296. The summed E-state index contributed by atoms with van der Waals surface area (Å²) in [5.74, 6) is -0.742. The molecule has 8 nitrogen and oxygen atoms in total. The maximum atomic E-state index is 14.3. The first-order valence-corrected chi connectivity index (χ1v) is 11.3. The molecule has 1 aliphatic rings. The van der Waals surface area contributed by atoms with Gasteiger partial charge >= 0.3 is 12.3 Å². The Hall–Kier alpha value is -3.70. The van der Waals surface area contributed by atoms with Gasteiger partial charge in [-0.15, -0.1) is 0 Å². The van der Waals surface area contributed by atoms with Gasteiger partial charge in [-0.25, -0.2) is 19.7 Å². The van der Waals surface area contributed by atoms with Crippen LogP contribution in [0.3, 0.4) is 0 Å². The zero-order valence-corrected chi connectivity index (χ0v) is 20.7. The normalized spacial score (nSPS) is 17.1. The smallest absolute Gasteiger partial charge is 0.435 e. The highest BCUT2D eigenvalue weighted by atomic mass is 35.5. The molecule has 192 valence electrons. The molecule has 0 spiro atoms. The molecular weight excluding hydrogens is 536 g/mol. The highest BCUT2D eigenvalue weighted by molar-refractivity contribution is 6.34. The fourth-order valence-electron chi connectivity index (χ4n) is 3.85. The minimum atomic E-state index is -4.85. The Labute approximate surface area is 218 Å². The Morgan fingerprint density at radius 2 is 1.73 bits per heavy atom. The number of aromatic nitrogens is 2. The quantitative estimate of drug-likeness (QED) is 0.389. The van der Waals surface area contributed by atoms with Crippen molar-refractivity contribution in [1.82, 2.24) is 9.97 Å². The molecule has 1 aromatic heterocycles. The number of hydrogen-bond donors (Lipinski definition) is 0. The molecule has 13 heteroatoms. The van der Waals surface area contributed by atoms with E-state index in [0.717, 1.165) is 24.1 Å². The van der Waals surface area contributed by atoms with Crippen LogP contribution in [0, 0.1) is 6.92 Å². The fraction of sp³-hybridized carbons (Fsp3) is 0.208. The van der Waals surface area contributed by atoms with Crippen molar-refractivity contribution in [3.8, 4) is 0 Å². The lowest BCUT2D eigenvalue weighted by Crippen LogP contribution is -2.42. The maximum Gasteiger partial charge on any atom is 0.435 e. The molecule has 0 fully saturated rings. The van der Waals surface area contributed by atoms with Gasteiger partial charge in [0.25, 0.3) is 11.5 Å². The van der Waals surface area contributed by atoms with Crippen molar-refractivity contribution in [2.24, 2.45) is 5.16 Å². The zero-order chi connectivity index (χ0) is 27.0. The van der Waals surface area contributed by atoms with Gasteiger partial charge in [-0.2, -0.15) is 13.2 Å². The Bertz CT molecular complexity index is 1380. The molecular formula is C24H17Cl2F3N4O4. The van der Waals surface area contributed by atoms with Crippen LogP contribution in [0.2, 0.25) is 10.0 Å². The van der Waals surface area contributed by atoms with Crippen molar-refractivity contribution in [2.45, 2.75) is 25.1 Å². The molecule has 37 heavy (non-hydrogen) atoms. The van der Waals surface area contributed by atoms with Crippen LogP contribution in [0.25, 0.3) is 0 Å². The van der Waals surface area contributed by atoms with E-state index in [-0.39, 0.29) is 32.6 Å². The number of imide groups is 1. The first-order chi connectivity index (χ1) is 17.5. The summed E-state index contributed by atoms with van der Waals surface area (Å²) in [6, 6.07) is 7.83. The predicted molar refractivity (Wildman–Crippen MR) is 129 cm³/mol. The molecule has 0 N–H and O–H groups in total. The van der Waals surface area contributed by atoms with Crippen LogP contribution in [-0.2, 0) is 15.2 Å². The molecule has 0 saturated carbocycles. The first kappa shape index (κ1) is 26.4. The van der Waals surface area contributed by atoms with Crippen molar-refractivity contribution in [3.63, 3.8) is 0 Å². The van der Waals surface area contributed by atoms with Crippen molar-refractivity contribution >= 4 is 46.6 Å². The third-order valence-electron chi connectivity index (χ3n) is 5.67. The number of aryl methyl sites for hydroxylation is 1. The molecule has 1 atom stereocenters. The van der Waals surface area contributed by atoms with E-state index >= 15 is 0 Å². The highest BCUT2D eigenvalue weighted by Crippen LogP contribution is 2.49. The molecule has 2 aromatic carbocycles. The number of methoxy groups -OCH3 is 1. The summed E-state index contributed by atoms with van der Waals surface area (Å²) in [6.45, 7) is 1.57. The van der Waals surface area contributed by atoms with Gasteiger partial charge in [0.1, 0.15) is 6.33 Å². The van der Waals surface area contributed by atoms with Crippen LogP contribution in [0.5, 0.6) is 0 Å². The Balaban J connectivity index is 1.67. The molecule has 0 aliphatic carbocycles. The van der Waals surface area contributed by atoms with E-state index in [9.17, 15) is 22.8 Å². The summed E-state index contributed by atoms with van der Waals surface area (Å²) in [5.41, 5.74) is -2.26. The number of hydrogen-bond acceptors (Lipinski definition) is 7. The van der Waals surface area contributed by atoms with E-state index in [1.54, 1.807) is 6.92 Å². The highest BCUT2D eigenvalue weighted by Gasteiger charge is 2.62. The minimum Gasteiger partial charge on any atom is -0.452 e. The average Bonchev–Trinajstić information content (AvgIpc) is 3.31. The van der Waals surface area contributed by atoms with Gasteiger partial charge in [0.15, 0.2) is 0 Å². The van der Waals surface area contributed by atoms with Crippen molar-refractivity contribution < 1.29 is 32.3 Å². The number of ether oxygens (including phenoxy) is 1. The van der Waals surface area contributed by atoms with Crippen molar-refractivity contribution in [2.75, 3.05) is 12.0 Å². The van der Waals surface area contributed by atoms with Crippen LogP contribution in [0.15, 0.2) is 60.3 Å². The number of amides is 2. The first-order valence-electron chi connectivity index (χ1n) is 10.5. The number of carbonyl (C=O) groups excluding carboxylic acids is 2. The molecule has 0 bridgehead atoms. The van der Waals surface area contributed by atoms with Gasteiger partial charge in [0, 0.05) is 27.6 Å². The second kappa shape index (κ2) is 9.98. The van der Waals surface area contributed by atoms with Crippen LogP contribution in [-0.4, -0.2) is 41.0 Å². The Kier molecular flexibility index (Phi) is 7.11. The van der Waals surface area contributed by atoms with Crippen molar-refractivity contribution in [3.05, 3.63) is 87.4 Å². The molecule has 2 amide bonds. The van der Waals surface area contributed by atoms with Crippen LogP contribution in [0.1, 0.15) is 33.5 Å². The van der Waals surface area contributed by atoms with Crippen LogP contribution >= 0.6 is 23.2 Å². The van der Waals surface area contributed by atoms with E-state index < -0.39 is 30.2 Å². The maximum absolute atomic E-state index is 14.3. The Morgan fingerprint density at radius 1 is 1.08 bits per heavy atom. The van der Waals surface area contributed by atoms with Gasteiger partial charge in [-0.3, -0.25) is 4.79 Å². The molecule has 3 aromatic rings.